The Balaban J connectivity index is 4.12. The summed E-state index contributed by atoms with van der Waals surface area (Å²) < 4.78 is 24.2. The molecule has 2 N–H and O–H groups in total. The number of rotatable bonds is 8. The number of hydrogen-bond donors (Lipinski definition) is 2. The van der Waals surface area contributed by atoms with Crippen molar-refractivity contribution in [1.29, 1.82) is 0 Å². The van der Waals surface area contributed by atoms with Crippen LogP contribution in [0.4, 0.5) is 0 Å². The van der Waals surface area contributed by atoms with E-state index in [2.05, 4.69) is 15.6 Å². The highest BCUT2D eigenvalue weighted by atomic mass is 32.2. The van der Waals surface area contributed by atoms with E-state index in [1.165, 1.54) is 10.6 Å². The molecule has 0 aromatic rings. The van der Waals surface area contributed by atoms with Gasteiger partial charge in [-0.2, -0.15) is 0 Å². The molecule has 0 saturated carbocycles. The zero-order chi connectivity index (χ0) is 14.0. The molecule has 0 radical (unpaired) electrons. The molecule has 0 aliphatic heterocycles. The van der Waals surface area contributed by atoms with Crippen molar-refractivity contribution in [2.75, 3.05) is 39.0 Å². The lowest BCUT2D eigenvalue weighted by atomic mass is 10.4. The normalized spacial score (nSPS) is 11.4. The second-order valence-corrected chi connectivity index (χ2v) is 5.88. The predicted molar refractivity (Wildman–Crippen MR) is 76.4 cm³/mol. The van der Waals surface area contributed by atoms with Gasteiger partial charge in [0.15, 0.2) is 5.96 Å². The number of nitrogens with one attached hydrogen (secondary N) is 2. The molecular weight excluding hydrogens is 252 g/mol. The minimum absolute atomic E-state index is 0.510. The Morgan fingerprint density at radius 1 is 1.17 bits per heavy atom. The molecule has 7 heteroatoms. The van der Waals surface area contributed by atoms with Crippen LogP contribution in [0.2, 0.25) is 0 Å². The van der Waals surface area contributed by atoms with Crippen molar-refractivity contribution in [3.05, 3.63) is 0 Å². The third kappa shape index (κ3) is 7.50. The van der Waals surface area contributed by atoms with Gasteiger partial charge in [0.2, 0.25) is 10.0 Å². The summed E-state index contributed by atoms with van der Waals surface area (Å²) in [5.41, 5.74) is 0. The third-order valence-electron chi connectivity index (χ3n) is 2.35. The average Bonchev–Trinajstić information content (AvgIpc) is 2.27. The van der Waals surface area contributed by atoms with Gasteiger partial charge in [0.25, 0.3) is 0 Å². The van der Waals surface area contributed by atoms with Crippen LogP contribution >= 0.6 is 0 Å². The first-order valence-corrected chi connectivity index (χ1v) is 8.27. The van der Waals surface area contributed by atoms with Gasteiger partial charge >= 0.3 is 0 Å². The highest BCUT2D eigenvalue weighted by Gasteiger charge is 2.12. The molecule has 108 valence electrons. The number of sulfonamides is 1. The smallest absolute Gasteiger partial charge is 0.211 e. The molecule has 0 aromatic heterocycles. The third-order valence-corrected chi connectivity index (χ3v) is 3.72. The van der Waals surface area contributed by atoms with Crippen molar-refractivity contribution in [1.82, 2.24) is 14.9 Å². The number of aliphatic imine (C=N–C) groups is 1. The van der Waals surface area contributed by atoms with Gasteiger partial charge < -0.3 is 10.6 Å². The first-order chi connectivity index (χ1) is 8.45. The molecule has 0 spiro atoms. The monoisotopic (exact) mass is 278 g/mol. The fourth-order valence-corrected chi connectivity index (χ4v) is 2.44. The van der Waals surface area contributed by atoms with E-state index in [-0.39, 0.29) is 0 Å². The van der Waals surface area contributed by atoms with Gasteiger partial charge in [-0.25, -0.2) is 12.7 Å². The van der Waals surface area contributed by atoms with E-state index in [9.17, 15) is 8.42 Å². The highest BCUT2D eigenvalue weighted by molar-refractivity contribution is 7.88. The molecule has 0 rings (SSSR count). The molecule has 0 aromatic carbocycles. The molecule has 0 aliphatic rings. The Kier molecular flexibility index (Phi) is 8.74. The minimum atomic E-state index is -3.08. The van der Waals surface area contributed by atoms with Crippen molar-refractivity contribution in [2.45, 2.75) is 27.2 Å². The molecule has 0 saturated heterocycles. The van der Waals surface area contributed by atoms with E-state index in [1.807, 2.05) is 20.8 Å². The standard InChI is InChI=1S/C11H26N4O2S/c1-5-12-11(13-6-2)14-9-8-10-15(7-3)18(4,16)17/h5-10H2,1-4H3,(H2,12,13,14). The van der Waals surface area contributed by atoms with Gasteiger partial charge in [0, 0.05) is 32.7 Å². The van der Waals surface area contributed by atoms with Crippen molar-refractivity contribution in [3.8, 4) is 0 Å². The fraction of sp³-hybridized carbons (Fsp3) is 0.909. The summed E-state index contributed by atoms with van der Waals surface area (Å²) in [6.45, 7) is 9.13. The van der Waals surface area contributed by atoms with Crippen LogP contribution in [-0.2, 0) is 10.0 Å². The van der Waals surface area contributed by atoms with Crippen LogP contribution in [0.15, 0.2) is 4.99 Å². The topological polar surface area (TPSA) is 73.8 Å². The van der Waals surface area contributed by atoms with Crippen molar-refractivity contribution in [2.24, 2.45) is 4.99 Å². The quantitative estimate of drug-likeness (QED) is 0.379. The maximum Gasteiger partial charge on any atom is 0.211 e. The van der Waals surface area contributed by atoms with Gasteiger partial charge in [-0.3, -0.25) is 4.99 Å². The van der Waals surface area contributed by atoms with Crippen LogP contribution < -0.4 is 10.6 Å². The van der Waals surface area contributed by atoms with E-state index in [1.54, 1.807) is 0 Å². The first-order valence-electron chi connectivity index (χ1n) is 6.42. The van der Waals surface area contributed by atoms with Gasteiger partial charge in [0.1, 0.15) is 0 Å². The van der Waals surface area contributed by atoms with Gasteiger partial charge in [0.05, 0.1) is 6.26 Å². The van der Waals surface area contributed by atoms with E-state index >= 15 is 0 Å². The van der Waals surface area contributed by atoms with Crippen LogP contribution in [0.5, 0.6) is 0 Å². The second-order valence-electron chi connectivity index (χ2n) is 3.90. The van der Waals surface area contributed by atoms with Crippen LogP contribution in [-0.4, -0.2) is 57.7 Å². The lowest BCUT2D eigenvalue weighted by Crippen LogP contribution is -2.37. The number of hydrogen-bond acceptors (Lipinski definition) is 3. The lowest BCUT2D eigenvalue weighted by Gasteiger charge is -2.17. The van der Waals surface area contributed by atoms with Gasteiger partial charge in [-0.05, 0) is 20.3 Å². The highest BCUT2D eigenvalue weighted by Crippen LogP contribution is 1.98. The second kappa shape index (κ2) is 9.16. The summed E-state index contributed by atoms with van der Waals surface area (Å²) in [4.78, 5) is 4.36. The lowest BCUT2D eigenvalue weighted by molar-refractivity contribution is 0.427. The molecular formula is C11H26N4O2S. The Morgan fingerprint density at radius 3 is 2.11 bits per heavy atom. The van der Waals surface area contributed by atoms with Crippen molar-refractivity contribution in [3.63, 3.8) is 0 Å². The molecule has 0 atom stereocenters. The fourth-order valence-electron chi connectivity index (χ4n) is 1.51. The average molecular weight is 278 g/mol. The van der Waals surface area contributed by atoms with Gasteiger partial charge in [-0.15, -0.1) is 0 Å². The Labute approximate surface area is 111 Å². The molecule has 0 heterocycles. The van der Waals surface area contributed by atoms with E-state index in [0.717, 1.165) is 25.5 Å². The summed E-state index contributed by atoms with van der Waals surface area (Å²) >= 11 is 0. The molecule has 0 amide bonds. The van der Waals surface area contributed by atoms with Crippen LogP contribution in [0, 0.1) is 0 Å². The summed E-state index contributed by atoms with van der Waals surface area (Å²) in [6, 6.07) is 0. The zero-order valence-electron chi connectivity index (χ0n) is 11.9. The minimum Gasteiger partial charge on any atom is -0.357 e. The Hall–Kier alpha value is -0.820. The molecule has 0 fully saturated rings. The van der Waals surface area contributed by atoms with Gasteiger partial charge in [-0.1, -0.05) is 6.92 Å². The molecule has 6 nitrogen and oxygen atoms in total. The van der Waals surface area contributed by atoms with E-state index in [4.69, 9.17) is 0 Å². The summed E-state index contributed by atoms with van der Waals surface area (Å²) in [6.07, 6.45) is 1.96. The number of nitrogens with zero attached hydrogens (tertiary/aromatic N) is 2. The first kappa shape index (κ1) is 17.2. The summed E-state index contributed by atoms with van der Waals surface area (Å²) in [5, 5.41) is 6.25. The van der Waals surface area contributed by atoms with Crippen molar-refractivity contribution >= 4 is 16.0 Å². The maximum atomic E-state index is 11.4. The summed E-state index contributed by atoms with van der Waals surface area (Å²) in [5.74, 6) is 0.780. The SMILES string of the molecule is CCNC(=NCCCN(CC)S(C)(=O)=O)NCC. The largest absolute Gasteiger partial charge is 0.357 e. The number of guanidine groups is 1. The molecule has 18 heavy (non-hydrogen) atoms. The van der Waals surface area contributed by atoms with Crippen molar-refractivity contribution < 1.29 is 8.42 Å². The Bertz CT molecular complexity index is 333. The molecule has 0 unspecified atom stereocenters. The maximum absolute atomic E-state index is 11.4. The van der Waals surface area contributed by atoms with E-state index < -0.39 is 10.0 Å². The molecule has 0 bridgehead atoms. The summed E-state index contributed by atoms with van der Waals surface area (Å²) in [7, 11) is -3.08. The predicted octanol–water partition coefficient (Wildman–Crippen LogP) is 0.233. The van der Waals surface area contributed by atoms with Crippen LogP contribution in [0.25, 0.3) is 0 Å². The molecule has 0 aliphatic carbocycles. The van der Waals surface area contributed by atoms with Crippen LogP contribution in [0.1, 0.15) is 27.2 Å². The van der Waals surface area contributed by atoms with E-state index in [0.29, 0.717) is 19.6 Å². The zero-order valence-corrected chi connectivity index (χ0v) is 12.7. The van der Waals surface area contributed by atoms with Crippen LogP contribution in [0.3, 0.4) is 0 Å². The Morgan fingerprint density at radius 2 is 1.72 bits per heavy atom.